The molecule has 18 heavy (non-hydrogen) atoms. The first-order valence-electron chi connectivity index (χ1n) is 5.42. The molecule has 0 fully saturated rings. The first-order chi connectivity index (χ1) is 8.59. The zero-order valence-corrected chi connectivity index (χ0v) is 10.1. The van der Waals surface area contributed by atoms with Crippen LogP contribution in [0.2, 0.25) is 0 Å². The lowest BCUT2D eigenvalue weighted by molar-refractivity contribution is -0.384. The third-order valence-electron chi connectivity index (χ3n) is 2.69. The molecule has 2 N–H and O–H groups in total. The van der Waals surface area contributed by atoms with Gasteiger partial charge < -0.3 is 5.32 Å². The van der Waals surface area contributed by atoms with Gasteiger partial charge in [-0.05, 0) is 19.9 Å². The fourth-order valence-corrected chi connectivity index (χ4v) is 1.64. The Hall–Kier alpha value is -2.44. The van der Waals surface area contributed by atoms with E-state index in [1.165, 1.54) is 0 Å². The minimum absolute atomic E-state index is 0.0126. The first kappa shape index (κ1) is 12.0. The highest BCUT2D eigenvalue weighted by molar-refractivity contribution is 5.59. The molecule has 2 aromatic rings. The van der Waals surface area contributed by atoms with Crippen LogP contribution in [0, 0.1) is 24.0 Å². The van der Waals surface area contributed by atoms with Crippen molar-refractivity contribution in [1.82, 2.24) is 15.2 Å². The van der Waals surface area contributed by atoms with Crippen LogP contribution in [0.4, 0.5) is 11.5 Å². The third-order valence-corrected chi connectivity index (χ3v) is 2.69. The summed E-state index contributed by atoms with van der Waals surface area (Å²) in [5, 5.41) is 20.6. The summed E-state index contributed by atoms with van der Waals surface area (Å²) in [5.41, 5.74) is 2.48. The van der Waals surface area contributed by atoms with Crippen molar-refractivity contribution in [3.63, 3.8) is 0 Å². The van der Waals surface area contributed by atoms with E-state index in [1.807, 2.05) is 6.92 Å². The number of pyridine rings is 1. The van der Waals surface area contributed by atoms with E-state index in [-0.39, 0.29) is 11.5 Å². The van der Waals surface area contributed by atoms with Crippen molar-refractivity contribution < 1.29 is 4.92 Å². The van der Waals surface area contributed by atoms with Crippen molar-refractivity contribution in [2.24, 2.45) is 0 Å². The van der Waals surface area contributed by atoms with Crippen molar-refractivity contribution in [3.05, 3.63) is 45.4 Å². The van der Waals surface area contributed by atoms with Gasteiger partial charge in [0, 0.05) is 29.6 Å². The first-order valence-corrected chi connectivity index (χ1v) is 5.42. The highest BCUT2D eigenvalue weighted by Gasteiger charge is 2.18. The van der Waals surface area contributed by atoms with E-state index in [0.29, 0.717) is 12.1 Å². The topological polar surface area (TPSA) is 96.7 Å². The van der Waals surface area contributed by atoms with Gasteiger partial charge in [0.2, 0.25) is 5.82 Å². The van der Waals surface area contributed by atoms with Gasteiger partial charge in [0.05, 0.1) is 11.1 Å². The Morgan fingerprint density at radius 2 is 2.28 bits per heavy atom. The highest BCUT2D eigenvalue weighted by atomic mass is 16.6. The maximum Gasteiger partial charge on any atom is 0.314 e. The number of rotatable bonds is 4. The van der Waals surface area contributed by atoms with Gasteiger partial charge in [-0.25, -0.2) is 4.98 Å². The zero-order chi connectivity index (χ0) is 13.1. The molecule has 2 heterocycles. The number of hydrogen-bond donors (Lipinski definition) is 2. The molecule has 0 aliphatic rings. The Labute approximate surface area is 103 Å². The highest BCUT2D eigenvalue weighted by Crippen LogP contribution is 2.25. The Balaban J connectivity index is 2.22. The maximum atomic E-state index is 11.0. The molecule has 0 aliphatic carbocycles. The van der Waals surface area contributed by atoms with Crippen molar-refractivity contribution >= 4 is 11.5 Å². The fourth-order valence-electron chi connectivity index (χ4n) is 1.64. The molecule has 0 radical (unpaired) electrons. The second-order valence-corrected chi connectivity index (χ2v) is 3.96. The Morgan fingerprint density at radius 3 is 2.89 bits per heavy atom. The van der Waals surface area contributed by atoms with Crippen LogP contribution >= 0.6 is 0 Å². The zero-order valence-electron chi connectivity index (χ0n) is 10.1. The van der Waals surface area contributed by atoms with Crippen LogP contribution < -0.4 is 5.32 Å². The van der Waals surface area contributed by atoms with E-state index in [1.54, 1.807) is 25.4 Å². The number of aromatic nitrogens is 3. The van der Waals surface area contributed by atoms with Crippen LogP contribution in [0.25, 0.3) is 0 Å². The number of nitrogens with zero attached hydrogens (tertiary/aromatic N) is 3. The number of nitro groups is 1. The van der Waals surface area contributed by atoms with Crippen molar-refractivity contribution in [2.45, 2.75) is 20.4 Å². The third kappa shape index (κ3) is 2.29. The summed E-state index contributed by atoms with van der Waals surface area (Å²) in [6.07, 6.45) is 3.23. The van der Waals surface area contributed by atoms with E-state index in [0.717, 1.165) is 11.3 Å². The summed E-state index contributed by atoms with van der Waals surface area (Å²) in [5.74, 6) is 0.278. The molecule has 0 aromatic carbocycles. The normalized spacial score (nSPS) is 10.3. The van der Waals surface area contributed by atoms with Gasteiger partial charge in [-0.1, -0.05) is 0 Å². The summed E-state index contributed by atoms with van der Waals surface area (Å²) in [4.78, 5) is 14.6. The standard InChI is InChI=1S/C11H13N5O2/c1-7-3-4-12-11(10(7)16(17)18)13-5-9-6-14-15-8(9)2/h3-4,6H,5H2,1-2H3,(H,12,13)(H,14,15). The average Bonchev–Trinajstić information content (AvgIpc) is 2.71. The minimum atomic E-state index is -0.424. The molecule has 0 saturated heterocycles. The molecule has 0 saturated carbocycles. The molecule has 7 heteroatoms. The second-order valence-electron chi connectivity index (χ2n) is 3.96. The molecule has 0 amide bonds. The van der Waals surface area contributed by atoms with Crippen LogP contribution in [-0.4, -0.2) is 20.1 Å². The van der Waals surface area contributed by atoms with Gasteiger partial charge in [-0.15, -0.1) is 0 Å². The summed E-state index contributed by atoms with van der Waals surface area (Å²) in [6, 6.07) is 1.62. The van der Waals surface area contributed by atoms with Crippen LogP contribution in [0.15, 0.2) is 18.5 Å². The number of aromatic amines is 1. The largest absolute Gasteiger partial charge is 0.360 e. The van der Waals surface area contributed by atoms with Gasteiger partial charge in [0.15, 0.2) is 0 Å². The van der Waals surface area contributed by atoms with Crippen LogP contribution in [0.1, 0.15) is 16.8 Å². The van der Waals surface area contributed by atoms with Gasteiger partial charge in [-0.3, -0.25) is 15.2 Å². The molecule has 0 spiro atoms. The van der Waals surface area contributed by atoms with Crippen LogP contribution in [0.3, 0.4) is 0 Å². The number of nitrogens with one attached hydrogen (secondary N) is 2. The Kier molecular flexibility index (Phi) is 3.22. The number of hydrogen-bond acceptors (Lipinski definition) is 5. The van der Waals surface area contributed by atoms with E-state index >= 15 is 0 Å². The van der Waals surface area contributed by atoms with Gasteiger partial charge >= 0.3 is 5.69 Å². The molecule has 2 rings (SSSR count). The maximum absolute atomic E-state index is 11.0. The molecule has 0 atom stereocenters. The lowest BCUT2D eigenvalue weighted by Gasteiger charge is -2.06. The van der Waals surface area contributed by atoms with Crippen molar-refractivity contribution in [2.75, 3.05) is 5.32 Å². The average molecular weight is 247 g/mol. The van der Waals surface area contributed by atoms with E-state index in [9.17, 15) is 10.1 Å². The van der Waals surface area contributed by atoms with E-state index < -0.39 is 4.92 Å². The summed E-state index contributed by atoms with van der Waals surface area (Å²) >= 11 is 0. The molecule has 2 aromatic heterocycles. The predicted octanol–water partition coefficient (Wildman–Crippen LogP) is 1.94. The molecule has 94 valence electrons. The number of H-pyrrole nitrogens is 1. The van der Waals surface area contributed by atoms with Crippen LogP contribution in [-0.2, 0) is 6.54 Å². The van der Waals surface area contributed by atoms with Crippen LogP contribution in [0.5, 0.6) is 0 Å². The van der Waals surface area contributed by atoms with E-state index in [2.05, 4.69) is 20.5 Å². The van der Waals surface area contributed by atoms with Gasteiger partial charge in [0.1, 0.15) is 0 Å². The summed E-state index contributed by atoms with van der Waals surface area (Å²) in [7, 11) is 0. The predicted molar refractivity (Wildman–Crippen MR) is 66.3 cm³/mol. The van der Waals surface area contributed by atoms with Crippen molar-refractivity contribution in [3.8, 4) is 0 Å². The molecule has 0 aliphatic heterocycles. The Morgan fingerprint density at radius 1 is 1.50 bits per heavy atom. The molecule has 7 nitrogen and oxygen atoms in total. The number of aryl methyl sites for hydroxylation is 2. The lowest BCUT2D eigenvalue weighted by atomic mass is 10.2. The Bertz CT molecular complexity index is 579. The summed E-state index contributed by atoms with van der Waals surface area (Å²) in [6.45, 7) is 4.02. The molecular weight excluding hydrogens is 234 g/mol. The lowest BCUT2D eigenvalue weighted by Crippen LogP contribution is -2.06. The van der Waals surface area contributed by atoms with Gasteiger partial charge in [0.25, 0.3) is 0 Å². The molecule has 0 bridgehead atoms. The van der Waals surface area contributed by atoms with E-state index in [4.69, 9.17) is 0 Å². The SMILES string of the molecule is Cc1ccnc(NCc2cn[nH]c2C)c1[N+](=O)[O-]. The second kappa shape index (κ2) is 4.82. The smallest absolute Gasteiger partial charge is 0.314 e. The molecule has 0 unspecified atom stereocenters. The van der Waals surface area contributed by atoms with Crippen molar-refractivity contribution in [1.29, 1.82) is 0 Å². The minimum Gasteiger partial charge on any atom is -0.360 e. The van der Waals surface area contributed by atoms with Gasteiger partial charge in [-0.2, -0.15) is 5.10 Å². The summed E-state index contributed by atoms with van der Waals surface area (Å²) < 4.78 is 0. The quantitative estimate of drug-likeness (QED) is 0.635. The number of anilines is 1. The fraction of sp³-hybridized carbons (Fsp3) is 0.273. The monoisotopic (exact) mass is 247 g/mol. The molecular formula is C11H13N5O2.